The molecule has 20 heavy (non-hydrogen) atoms. The normalized spacial score (nSPS) is 9.80. The maximum Gasteiger partial charge on any atom is 0.337 e. The first kappa shape index (κ1) is 13.4. The van der Waals surface area contributed by atoms with Crippen molar-refractivity contribution in [1.82, 2.24) is 4.98 Å². The first-order valence-electron chi connectivity index (χ1n) is 5.78. The maximum atomic E-state index is 11.0. The van der Waals surface area contributed by atoms with E-state index in [-0.39, 0.29) is 11.3 Å². The van der Waals surface area contributed by atoms with Gasteiger partial charge in [0.2, 0.25) is 0 Å². The van der Waals surface area contributed by atoms with Gasteiger partial charge in [0.25, 0.3) is 0 Å². The van der Waals surface area contributed by atoms with E-state index in [9.17, 15) is 4.79 Å². The fourth-order valence-electron chi connectivity index (χ4n) is 1.78. The Kier molecular flexibility index (Phi) is 3.53. The van der Waals surface area contributed by atoms with E-state index in [0.717, 1.165) is 5.56 Å². The molecule has 100 valence electrons. The first-order valence-corrected chi connectivity index (χ1v) is 5.78. The summed E-state index contributed by atoms with van der Waals surface area (Å²) in [4.78, 5) is 15.0. The van der Waals surface area contributed by atoms with Gasteiger partial charge >= 0.3 is 5.97 Å². The number of hydrogen-bond donors (Lipinski definition) is 3. The van der Waals surface area contributed by atoms with Crippen molar-refractivity contribution in [2.24, 2.45) is 0 Å². The van der Waals surface area contributed by atoms with Gasteiger partial charge in [-0.1, -0.05) is 12.1 Å². The van der Waals surface area contributed by atoms with Gasteiger partial charge in [-0.15, -0.1) is 0 Å². The largest absolute Gasteiger partial charge is 0.478 e. The minimum absolute atomic E-state index is 0.0336. The highest BCUT2D eigenvalue weighted by molar-refractivity contribution is 5.94. The Morgan fingerprint density at radius 3 is 2.90 bits per heavy atom. The Labute approximate surface area is 115 Å². The second-order valence-electron chi connectivity index (χ2n) is 4.20. The van der Waals surface area contributed by atoms with Crippen LogP contribution < -0.4 is 11.1 Å². The highest BCUT2D eigenvalue weighted by atomic mass is 16.4. The SMILES string of the molecule is Cc1cccc(Nc2cc(C(=O)O)c(N)cn2)c1C#N. The Morgan fingerprint density at radius 2 is 2.25 bits per heavy atom. The van der Waals surface area contributed by atoms with Crippen LogP contribution in [-0.2, 0) is 0 Å². The molecule has 0 spiro atoms. The molecule has 0 saturated carbocycles. The molecule has 0 bridgehead atoms. The molecular weight excluding hydrogens is 256 g/mol. The van der Waals surface area contributed by atoms with Crippen LogP contribution in [0, 0.1) is 18.3 Å². The molecule has 1 aromatic heterocycles. The molecule has 4 N–H and O–H groups in total. The predicted octanol–water partition coefficient (Wildman–Crippen LogP) is 2.29. The zero-order chi connectivity index (χ0) is 14.7. The van der Waals surface area contributed by atoms with Gasteiger partial charge in [0, 0.05) is 0 Å². The minimum Gasteiger partial charge on any atom is -0.478 e. The molecule has 0 fully saturated rings. The third-order valence-electron chi connectivity index (χ3n) is 2.81. The summed E-state index contributed by atoms with van der Waals surface area (Å²) in [6, 6.07) is 8.78. The summed E-state index contributed by atoms with van der Waals surface area (Å²) in [6.45, 7) is 1.82. The Balaban J connectivity index is 2.41. The summed E-state index contributed by atoms with van der Waals surface area (Å²) in [5.74, 6) is -0.809. The number of nitrogens with two attached hydrogens (primary N) is 1. The lowest BCUT2D eigenvalue weighted by Gasteiger charge is -2.10. The maximum absolute atomic E-state index is 11.0. The highest BCUT2D eigenvalue weighted by Crippen LogP contribution is 2.23. The number of benzene rings is 1. The number of nitrogens with one attached hydrogen (secondary N) is 1. The number of nitrogens with zero attached hydrogens (tertiary/aromatic N) is 2. The van der Waals surface area contributed by atoms with Gasteiger partial charge in [0.15, 0.2) is 0 Å². The van der Waals surface area contributed by atoms with Crippen LogP contribution in [0.2, 0.25) is 0 Å². The zero-order valence-corrected chi connectivity index (χ0v) is 10.7. The Bertz CT molecular complexity index is 720. The van der Waals surface area contributed by atoms with E-state index in [1.54, 1.807) is 12.1 Å². The van der Waals surface area contributed by atoms with Gasteiger partial charge in [0.1, 0.15) is 11.9 Å². The number of pyridine rings is 1. The number of aromatic nitrogens is 1. The topological polar surface area (TPSA) is 112 Å². The number of hydrogen-bond acceptors (Lipinski definition) is 5. The van der Waals surface area contributed by atoms with Crippen LogP contribution in [0.3, 0.4) is 0 Å². The van der Waals surface area contributed by atoms with Gasteiger partial charge in [-0.25, -0.2) is 9.78 Å². The summed E-state index contributed by atoms with van der Waals surface area (Å²) in [6.07, 6.45) is 1.27. The highest BCUT2D eigenvalue weighted by Gasteiger charge is 2.11. The van der Waals surface area contributed by atoms with Crippen LogP contribution >= 0.6 is 0 Å². The summed E-state index contributed by atoms with van der Waals surface area (Å²) in [5, 5.41) is 21.1. The van der Waals surface area contributed by atoms with Crippen LogP contribution in [0.15, 0.2) is 30.5 Å². The van der Waals surface area contributed by atoms with Gasteiger partial charge < -0.3 is 16.2 Å². The van der Waals surface area contributed by atoms with Crippen molar-refractivity contribution in [2.45, 2.75) is 6.92 Å². The molecule has 0 aliphatic heterocycles. The molecule has 6 heteroatoms. The second kappa shape index (κ2) is 5.28. The van der Waals surface area contributed by atoms with Gasteiger partial charge in [-0.05, 0) is 24.6 Å². The fraction of sp³-hybridized carbons (Fsp3) is 0.0714. The van der Waals surface area contributed by atoms with E-state index < -0.39 is 5.97 Å². The third-order valence-corrected chi connectivity index (χ3v) is 2.81. The first-order chi connectivity index (χ1) is 9.52. The summed E-state index contributed by atoms with van der Waals surface area (Å²) in [5.41, 5.74) is 7.48. The van der Waals surface area contributed by atoms with Crippen LogP contribution in [0.25, 0.3) is 0 Å². The quantitative estimate of drug-likeness (QED) is 0.787. The molecule has 1 aromatic carbocycles. The van der Waals surface area contributed by atoms with Crippen molar-refractivity contribution >= 4 is 23.2 Å². The number of aromatic carboxylic acids is 1. The number of anilines is 3. The van der Waals surface area contributed by atoms with Crippen molar-refractivity contribution in [1.29, 1.82) is 5.26 Å². The van der Waals surface area contributed by atoms with E-state index >= 15 is 0 Å². The molecule has 2 aromatic rings. The average molecular weight is 268 g/mol. The molecule has 0 amide bonds. The molecule has 0 radical (unpaired) electrons. The van der Waals surface area contributed by atoms with Crippen molar-refractivity contribution in [3.63, 3.8) is 0 Å². The molecule has 0 atom stereocenters. The number of aryl methyl sites for hydroxylation is 1. The van der Waals surface area contributed by atoms with Gasteiger partial charge in [-0.2, -0.15) is 5.26 Å². The molecule has 1 heterocycles. The van der Waals surface area contributed by atoms with Crippen LogP contribution in [0.1, 0.15) is 21.5 Å². The summed E-state index contributed by atoms with van der Waals surface area (Å²) in [7, 11) is 0. The average Bonchev–Trinajstić information content (AvgIpc) is 2.41. The number of carboxylic acids is 1. The lowest BCUT2D eigenvalue weighted by Crippen LogP contribution is -2.05. The molecule has 0 aliphatic rings. The molecule has 0 aliphatic carbocycles. The van der Waals surface area contributed by atoms with Gasteiger partial charge in [0.05, 0.1) is 28.7 Å². The van der Waals surface area contributed by atoms with Crippen LogP contribution in [-0.4, -0.2) is 16.1 Å². The van der Waals surface area contributed by atoms with Crippen molar-refractivity contribution in [3.8, 4) is 6.07 Å². The minimum atomic E-state index is -1.13. The Hall–Kier alpha value is -3.07. The lowest BCUT2D eigenvalue weighted by molar-refractivity contribution is 0.0698. The zero-order valence-electron chi connectivity index (χ0n) is 10.7. The molecule has 2 rings (SSSR count). The number of nitriles is 1. The predicted molar refractivity (Wildman–Crippen MR) is 74.8 cm³/mol. The lowest BCUT2D eigenvalue weighted by atomic mass is 10.1. The number of rotatable bonds is 3. The van der Waals surface area contributed by atoms with Gasteiger partial charge in [-0.3, -0.25) is 0 Å². The fourth-order valence-corrected chi connectivity index (χ4v) is 1.78. The third kappa shape index (κ3) is 2.52. The summed E-state index contributed by atoms with van der Waals surface area (Å²) < 4.78 is 0. The molecule has 0 unspecified atom stereocenters. The molecule has 0 saturated heterocycles. The number of carboxylic acid groups (broad SMARTS) is 1. The molecular formula is C14H12N4O2. The van der Waals surface area contributed by atoms with Crippen LogP contribution in [0.5, 0.6) is 0 Å². The van der Waals surface area contributed by atoms with E-state index in [2.05, 4.69) is 16.4 Å². The van der Waals surface area contributed by atoms with Crippen LogP contribution in [0.4, 0.5) is 17.2 Å². The standard InChI is InChI=1S/C14H12N4O2/c1-8-3-2-4-12(10(8)6-15)18-13-5-9(14(19)20)11(16)7-17-13/h2-5,7H,16H2,1H3,(H,17,18)(H,19,20). The van der Waals surface area contributed by atoms with E-state index in [4.69, 9.17) is 16.1 Å². The monoisotopic (exact) mass is 268 g/mol. The van der Waals surface area contributed by atoms with Crippen molar-refractivity contribution < 1.29 is 9.90 Å². The number of nitrogen functional groups attached to an aromatic ring is 1. The van der Waals surface area contributed by atoms with E-state index in [1.807, 2.05) is 13.0 Å². The number of carbonyl (C=O) groups is 1. The smallest absolute Gasteiger partial charge is 0.337 e. The summed E-state index contributed by atoms with van der Waals surface area (Å²) >= 11 is 0. The second-order valence-corrected chi connectivity index (χ2v) is 4.20. The van der Waals surface area contributed by atoms with Crippen molar-refractivity contribution in [2.75, 3.05) is 11.1 Å². The van der Waals surface area contributed by atoms with Crippen molar-refractivity contribution in [3.05, 3.63) is 47.2 Å². The van der Waals surface area contributed by atoms with E-state index in [0.29, 0.717) is 17.1 Å². The molecule has 6 nitrogen and oxygen atoms in total. The Morgan fingerprint density at radius 1 is 1.50 bits per heavy atom. The van der Waals surface area contributed by atoms with E-state index in [1.165, 1.54) is 12.3 Å².